The van der Waals surface area contributed by atoms with Gasteiger partial charge in [-0.3, -0.25) is 0 Å². The van der Waals surface area contributed by atoms with Crippen molar-refractivity contribution in [2.24, 2.45) is 0 Å². The van der Waals surface area contributed by atoms with Gasteiger partial charge in [0.05, 0.1) is 0 Å². The molecule has 0 aliphatic carbocycles. The highest BCUT2D eigenvalue weighted by atomic mass is 79.9. The second kappa shape index (κ2) is 6.10. The van der Waals surface area contributed by atoms with Crippen LogP contribution in [-0.2, 0) is 0 Å². The first-order chi connectivity index (χ1) is 5.45. The van der Waals surface area contributed by atoms with Gasteiger partial charge in [-0.15, -0.1) is 0 Å². The Morgan fingerprint density at radius 1 is 1.50 bits per heavy atom. The number of nitrogens with one attached hydrogen (secondary N) is 1. The van der Waals surface area contributed by atoms with Crippen molar-refractivity contribution in [2.45, 2.75) is 18.5 Å². The van der Waals surface area contributed by atoms with Crippen LogP contribution in [0.3, 0.4) is 0 Å². The Kier molecular flexibility index (Phi) is 6.39. The van der Waals surface area contributed by atoms with Crippen LogP contribution in [0.2, 0.25) is 0 Å². The van der Waals surface area contributed by atoms with Gasteiger partial charge in [-0.25, -0.2) is 0 Å². The Morgan fingerprint density at radius 3 is 2.50 bits per heavy atom. The maximum atomic E-state index is 11.6. The minimum atomic E-state index is -4.10. The van der Waals surface area contributed by atoms with Crippen LogP contribution in [0, 0.1) is 0 Å². The standard InChI is InChI=1S/C6H11BrF3NS/c1-5(4-7)11-2-3-12-6(8,9)10/h5,11H,2-4H2,1H3. The van der Waals surface area contributed by atoms with Crippen LogP contribution in [0.25, 0.3) is 0 Å². The quantitative estimate of drug-likeness (QED) is 0.606. The molecule has 0 rings (SSSR count). The van der Waals surface area contributed by atoms with Gasteiger partial charge in [-0.05, 0) is 18.7 Å². The van der Waals surface area contributed by atoms with Gasteiger partial charge in [0, 0.05) is 23.7 Å². The summed E-state index contributed by atoms with van der Waals surface area (Å²) in [5.41, 5.74) is -4.10. The van der Waals surface area contributed by atoms with Gasteiger partial charge >= 0.3 is 5.51 Å². The normalized spacial score (nSPS) is 14.8. The van der Waals surface area contributed by atoms with Crippen LogP contribution in [0.4, 0.5) is 13.2 Å². The minimum absolute atomic E-state index is 0.00824. The highest BCUT2D eigenvalue weighted by molar-refractivity contribution is 9.09. The Hall–Kier alpha value is 0.580. The molecular weight excluding hydrogens is 255 g/mol. The largest absolute Gasteiger partial charge is 0.441 e. The van der Waals surface area contributed by atoms with Gasteiger partial charge in [0.25, 0.3) is 0 Å². The molecule has 1 unspecified atom stereocenters. The van der Waals surface area contributed by atoms with Crippen molar-refractivity contribution in [3.05, 3.63) is 0 Å². The third kappa shape index (κ3) is 8.67. The molecule has 0 bridgehead atoms. The van der Waals surface area contributed by atoms with Gasteiger partial charge in [-0.2, -0.15) is 13.2 Å². The molecule has 1 atom stereocenters. The fraction of sp³-hybridized carbons (Fsp3) is 1.00. The fourth-order valence-electron chi connectivity index (χ4n) is 0.527. The first-order valence-electron chi connectivity index (χ1n) is 3.45. The summed E-state index contributed by atoms with van der Waals surface area (Å²) in [6, 6.07) is 0.221. The van der Waals surface area contributed by atoms with E-state index in [2.05, 4.69) is 21.2 Å². The smallest absolute Gasteiger partial charge is 0.313 e. The van der Waals surface area contributed by atoms with E-state index < -0.39 is 5.51 Å². The van der Waals surface area contributed by atoms with E-state index in [1.54, 1.807) is 0 Å². The topological polar surface area (TPSA) is 12.0 Å². The van der Waals surface area contributed by atoms with E-state index >= 15 is 0 Å². The molecule has 0 heterocycles. The number of rotatable bonds is 5. The first kappa shape index (κ1) is 12.6. The molecule has 1 nitrogen and oxygen atoms in total. The molecule has 0 aromatic heterocycles. The molecule has 74 valence electrons. The van der Waals surface area contributed by atoms with Crippen molar-refractivity contribution in [1.82, 2.24) is 5.32 Å². The van der Waals surface area contributed by atoms with E-state index in [-0.39, 0.29) is 23.6 Å². The minimum Gasteiger partial charge on any atom is -0.313 e. The summed E-state index contributed by atoms with van der Waals surface area (Å²) >= 11 is 3.22. The van der Waals surface area contributed by atoms with Crippen molar-refractivity contribution >= 4 is 27.7 Å². The van der Waals surface area contributed by atoms with E-state index in [0.717, 1.165) is 5.33 Å². The lowest BCUT2D eigenvalue weighted by molar-refractivity contribution is -0.0327. The van der Waals surface area contributed by atoms with Crippen LogP contribution < -0.4 is 5.32 Å². The van der Waals surface area contributed by atoms with E-state index in [4.69, 9.17) is 0 Å². The summed E-state index contributed by atoms with van der Waals surface area (Å²) < 4.78 is 34.8. The molecule has 0 aliphatic rings. The van der Waals surface area contributed by atoms with Crippen LogP contribution in [-0.4, -0.2) is 29.2 Å². The molecule has 6 heteroatoms. The van der Waals surface area contributed by atoms with Gasteiger partial charge in [0.15, 0.2) is 0 Å². The van der Waals surface area contributed by atoms with Crippen LogP contribution >= 0.6 is 27.7 Å². The maximum Gasteiger partial charge on any atom is 0.441 e. The van der Waals surface area contributed by atoms with E-state index in [1.807, 2.05) is 6.92 Å². The second-order valence-corrected chi connectivity index (χ2v) is 4.11. The Balaban J connectivity index is 3.22. The lowest BCUT2D eigenvalue weighted by Gasteiger charge is -2.10. The molecule has 0 aliphatic heterocycles. The number of hydrogen-bond donors (Lipinski definition) is 1. The highest BCUT2D eigenvalue weighted by Crippen LogP contribution is 2.29. The third-order valence-electron chi connectivity index (χ3n) is 1.09. The number of thioether (sulfide) groups is 1. The van der Waals surface area contributed by atoms with Crippen molar-refractivity contribution in [1.29, 1.82) is 0 Å². The molecule has 1 N–H and O–H groups in total. The predicted octanol–water partition coefficient (Wildman–Crippen LogP) is 2.61. The van der Waals surface area contributed by atoms with Gasteiger partial charge in [-0.1, -0.05) is 15.9 Å². The first-order valence-corrected chi connectivity index (χ1v) is 5.56. The van der Waals surface area contributed by atoms with Gasteiger partial charge < -0.3 is 5.32 Å². The summed E-state index contributed by atoms with van der Waals surface area (Å²) in [5.74, 6) is 0.0703. The zero-order valence-corrected chi connectivity index (χ0v) is 9.02. The van der Waals surface area contributed by atoms with Crippen LogP contribution in [0.1, 0.15) is 6.92 Å². The van der Waals surface area contributed by atoms with E-state index in [1.165, 1.54) is 0 Å². The fourth-order valence-corrected chi connectivity index (χ4v) is 1.21. The zero-order valence-electron chi connectivity index (χ0n) is 6.62. The molecule has 0 radical (unpaired) electrons. The average Bonchev–Trinajstić information content (AvgIpc) is 1.96. The molecule has 12 heavy (non-hydrogen) atoms. The predicted molar refractivity (Wildman–Crippen MR) is 49.8 cm³/mol. The van der Waals surface area contributed by atoms with Crippen molar-refractivity contribution in [2.75, 3.05) is 17.6 Å². The average molecular weight is 266 g/mol. The van der Waals surface area contributed by atoms with Crippen molar-refractivity contribution < 1.29 is 13.2 Å². The van der Waals surface area contributed by atoms with Crippen LogP contribution in [0.15, 0.2) is 0 Å². The molecule has 0 amide bonds. The monoisotopic (exact) mass is 265 g/mol. The lowest BCUT2D eigenvalue weighted by Crippen LogP contribution is -2.29. The molecule has 0 aromatic rings. The third-order valence-corrected chi connectivity index (χ3v) is 2.80. The van der Waals surface area contributed by atoms with Gasteiger partial charge in [0.2, 0.25) is 0 Å². The Morgan fingerprint density at radius 2 is 2.08 bits per heavy atom. The molecule has 0 fully saturated rings. The van der Waals surface area contributed by atoms with E-state index in [9.17, 15) is 13.2 Å². The maximum absolute atomic E-state index is 11.6. The summed E-state index contributed by atoms with van der Waals surface area (Å²) in [4.78, 5) is 0. The van der Waals surface area contributed by atoms with Crippen molar-refractivity contribution in [3.63, 3.8) is 0 Å². The van der Waals surface area contributed by atoms with E-state index in [0.29, 0.717) is 6.54 Å². The molecule has 0 spiro atoms. The van der Waals surface area contributed by atoms with Crippen molar-refractivity contribution in [3.8, 4) is 0 Å². The Labute approximate surface area is 82.6 Å². The number of halogens is 4. The molecule has 0 saturated heterocycles. The van der Waals surface area contributed by atoms with Crippen LogP contribution in [0.5, 0.6) is 0 Å². The molecule has 0 aromatic carbocycles. The highest BCUT2D eigenvalue weighted by Gasteiger charge is 2.27. The summed E-state index contributed by atoms with van der Waals surface area (Å²) in [7, 11) is 0. The molecule has 0 saturated carbocycles. The van der Waals surface area contributed by atoms with Gasteiger partial charge in [0.1, 0.15) is 0 Å². The summed E-state index contributed by atoms with van der Waals surface area (Å²) in [6.45, 7) is 2.30. The second-order valence-electron chi connectivity index (χ2n) is 2.30. The number of alkyl halides is 4. The summed E-state index contributed by atoms with van der Waals surface area (Å²) in [5, 5.41) is 3.69. The number of hydrogen-bond acceptors (Lipinski definition) is 2. The zero-order chi connectivity index (χ0) is 9.61. The lowest BCUT2D eigenvalue weighted by atomic mass is 10.4. The summed E-state index contributed by atoms with van der Waals surface area (Å²) in [6.07, 6.45) is 0. The molecular formula is C6H11BrF3NS. The SMILES string of the molecule is CC(CBr)NCCSC(F)(F)F. The Bertz CT molecular complexity index is 120.